The summed E-state index contributed by atoms with van der Waals surface area (Å²) >= 11 is 0.982. The van der Waals surface area contributed by atoms with Gasteiger partial charge in [-0.3, -0.25) is 4.79 Å². The fourth-order valence-electron chi connectivity index (χ4n) is 4.63. The van der Waals surface area contributed by atoms with Crippen LogP contribution in [0, 0.1) is 11.7 Å². The first-order valence-corrected chi connectivity index (χ1v) is 13.1. The third-order valence-electron chi connectivity index (χ3n) is 6.38. The maximum atomic E-state index is 14.1. The van der Waals surface area contributed by atoms with Gasteiger partial charge >= 0.3 is 0 Å². The highest BCUT2D eigenvalue weighted by Gasteiger charge is 2.37. The third-order valence-corrected chi connectivity index (χ3v) is 8.82. The molecule has 2 aromatic carbocycles. The number of anilines is 1. The summed E-state index contributed by atoms with van der Waals surface area (Å²) in [5.74, 6) is -0.686. The van der Waals surface area contributed by atoms with Gasteiger partial charge in [-0.1, -0.05) is 18.2 Å². The Balaban J connectivity index is 1.27. The van der Waals surface area contributed by atoms with Crippen molar-refractivity contribution in [3.63, 3.8) is 0 Å². The average Bonchev–Trinajstić information content (AvgIpc) is 3.33. The standard InChI is InChI=1S/C22H24FN5O3S2/c23-17-6-1-2-8-19(17)26-11-13-27(14-12-26)22(29)16-5-4-10-28(15-16)33(30,31)20-9-3-7-18-21(20)25-32-24-18/h1-3,6-9,16H,4-5,10-15H2/t16-/m1/s1. The van der Waals surface area contributed by atoms with Gasteiger partial charge in [0.05, 0.1) is 23.3 Å². The number of sulfonamides is 1. The topological polar surface area (TPSA) is 86.7 Å². The molecular formula is C22H24FN5O3S2. The smallest absolute Gasteiger partial charge is 0.245 e. The second kappa shape index (κ2) is 8.96. The molecule has 0 N–H and O–H groups in total. The zero-order valence-electron chi connectivity index (χ0n) is 17.9. The zero-order chi connectivity index (χ0) is 23.0. The van der Waals surface area contributed by atoms with Crippen molar-refractivity contribution in [2.45, 2.75) is 17.7 Å². The summed E-state index contributed by atoms with van der Waals surface area (Å²) in [4.78, 5) is 17.1. The highest BCUT2D eigenvalue weighted by Crippen LogP contribution is 2.29. The van der Waals surface area contributed by atoms with E-state index in [0.717, 1.165) is 11.7 Å². The SMILES string of the molecule is O=C([C@@H]1CCCN(S(=O)(=O)c2cccc3nsnc23)C1)N1CCN(c2ccccc2F)CC1. The van der Waals surface area contributed by atoms with Gasteiger partial charge in [-0.05, 0) is 37.1 Å². The van der Waals surface area contributed by atoms with E-state index in [0.29, 0.717) is 62.3 Å². The number of hydrogen-bond acceptors (Lipinski definition) is 7. The normalized spacial score (nSPS) is 20.3. The minimum Gasteiger partial charge on any atom is -0.366 e. The Morgan fingerprint density at radius 1 is 1.00 bits per heavy atom. The molecule has 3 aromatic rings. The summed E-state index contributed by atoms with van der Waals surface area (Å²) in [6.07, 6.45) is 1.27. The molecule has 174 valence electrons. The minimum absolute atomic E-state index is 0.0309. The summed E-state index contributed by atoms with van der Waals surface area (Å²) in [5.41, 5.74) is 1.48. The lowest BCUT2D eigenvalue weighted by atomic mass is 9.97. The van der Waals surface area contributed by atoms with Crippen LogP contribution >= 0.6 is 11.7 Å². The Bertz CT molecular complexity index is 1270. The molecule has 1 amide bonds. The molecule has 2 aliphatic rings. The number of piperazine rings is 1. The van der Waals surface area contributed by atoms with E-state index >= 15 is 0 Å². The van der Waals surface area contributed by atoms with Crippen LogP contribution in [0.25, 0.3) is 11.0 Å². The van der Waals surface area contributed by atoms with Crippen LogP contribution < -0.4 is 4.90 Å². The van der Waals surface area contributed by atoms with Crippen LogP contribution in [-0.2, 0) is 14.8 Å². The lowest BCUT2D eigenvalue weighted by Crippen LogP contribution is -2.53. The predicted molar refractivity (Wildman–Crippen MR) is 124 cm³/mol. The molecule has 0 spiro atoms. The van der Waals surface area contributed by atoms with Gasteiger partial charge in [-0.15, -0.1) is 0 Å². The molecule has 0 bridgehead atoms. The van der Waals surface area contributed by atoms with Crippen molar-refractivity contribution < 1.29 is 17.6 Å². The minimum atomic E-state index is -3.79. The van der Waals surface area contributed by atoms with Crippen LogP contribution in [0.2, 0.25) is 0 Å². The number of benzene rings is 2. The molecule has 0 aliphatic carbocycles. The van der Waals surface area contributed by atoms with Crippen LogP contribution in [0.3, 0.4) is 0 Å². The molecular weight excluding hydrogens is 465 g/mol. The maximum absolute atomic E-state index is 14.1. The number of fused-ring (bicyclic) bond motifs is 1. The Morgan fingerprint density at radius 2 is 1.79 bits per heavy atom. The lowest BCUT2D eigenvalue weighted by Gasteiger charge is -2.39. The van der Waals surface area contributed by atoms with Gasteiger partial charge in [0.1, 0.15) is 21.7 Å². The largest absolute Gasteiger partial charge is 0.366 e. The molecule has 0 saturated carbocycles. The third kappa shape index (κ3) is 4.20. The van der Waals surface area contributed by atoms with Crippen LogP contribution in [-0.4, -0.2) is 71.5 Å². The lowest BCUT2D eigenvalue weighted by molar-refractivity contribution is -0.137. The van der Waals surface area contributed by atoms with Gasteiger partial charge in [0.25, 0.3) is 0 Å². The van der Waals surface area contributed by atoms with Gasteiger partial charge in [-0.2, -0.15) is 13.1 Å². The Morgan fingerprint density at radius 3 is 2.58 bits per heavy atom. The first-order valence-electron chi connectivity index (χ1n) is 10.9. The first kappa shape index (κ1) is 22.2. The molecule has 1 aromatic heterocycles. The number of halogens is 1. The monoisotopic (exact) mass is 489 g/mol. The fourth-order valence-corrected chi connectivity index (χ4v) is 6.90. The van der Waals surface area contributed by atoms with Crippen LogP contribution in [0.4, 0.5) is 10.1 Å². The second-order valence-electron chi connectivity index (χ2n) is 8.35. The van der Waals surface area contributed by atoms with Crippen molar-refractivity contribution in [2.24, 2.45) is 5.92 Å². The summed E-state index contributed by atoms with van der Waals surface area (Å²) in [6, 6.07) is 11.6. The van der Waals surface area contributed by atoms with Crippen molar-refractivity contribution in [3.8, 4) is 0 Å². The number of nitrogens with zero attached hydrogens (tertiary/aromatic N) is 5. The molecule has 1 atom stereocenters. The van der Waals surface area contributed by atoms with E-state index in [1.165, 1.54) is 10.4 Å². The molecule has 2 saturated heterocycles. The number of piperidine rings is 1. The number of amides is 1. The highest BCUT2D eigenvalue weighted by molar-refractivity contribution is 7.89. The van der Waals surface area contributed by atoms with Crippen molar-refractivity contribution in [1.29, 1.82) is 0 Å². The molecule has 0 unspecified atom stereocenters. The van der Waals surface area contributed by atoms with Gasteiger partial charge in [0.15, 0.2) is 0 Å². The summed E-state index contributed by atoms with van der Waals surface area (Å²) in [7, 11) is -3.79. The number of aromatic nitrogens is 2. The number of carbonyl (C=O) groups excluding carboxylic acids is 1. The molecule has 11 heteroatoms. The number of hydrogen-bond donors (Lipinski definition) is 0. The van der Waals surface area contributed by atoms with Gasteiger partial charge in [0.2, 0.25) is 15.9 Å². The molecule has 3 heterocycles. The van der Waals surface area contributed by atoms with Crippen molar-refractivity contribution in [2.75, 3.05) is 44.2 Å². The van der Waals surface area contributed by atoms with Gasteiger partial charge < -0.3 is 9.80 Å². The van der Waals surface area contributed by atoms with Crippen LogP contribution in [0.5, 0.6) is 0 Å². The second-order valence-corrected chi connectivity index (χ2v) is 10.8. The van der Waals surface area contributed by atoms with Gasteiger partial charge in [0, 0.05) is 39.3 Å². The van der Waals surface area contributed by atoms with E-state index in [2.05, 4.69) is 8.75 Å². The molecule has 2 aliphatic heterocycles. The van der Waals surface area contributed by atoms with E-state index in [1.807, 2.05) is 4.90 Å². The summed E-state index contributed by atoms with van der Waals surface area (Å²) in [5, 5.41) is 0. The predicted octanol–water partition coefficient (Wildman–Crippen LogP) is 2.58. The number of rotatable bonds is 4. The fraction of sp³-hybridized carbons (Fsp3) is 0.409. The van der Waals surface area contributed by atoms with Crippen molar-refractivity contribution in [3.05, 3.63) is 48.3 Å². The van der Waals surface area contributed by atoms with E-state index in [-0.39, 0.29) is 29.1 Å². The van der Waals surface area contributed by atoms with E-state index in [4.69, 9.17) is 0 Å². The van der Waals surface area contributed by atoms with E-state index < -0.39 is 10.0 Å². The number of carbonyl (C=O) groups is 1. The molecule has 0 radical (unpaired) electrons. The van der Waals surface area contributed by atoms with Crippen molar-refractivity contribution >= 4 is 44.4 Å². The average molecular weight is 490 g/mol. The summed E-state index contributed by atoms with van der Waals surface area (Å²) < 4.78 is 50.5. The quantitative estimate of drug-likeness (QED) is 0.560. The number of para-hydroxylation sites is 1. The van der Waals surface area contributed by atoms with Crippen LogP contribution in [0.15, 0.2) is 47.4 Å². The molecule has 5 rings (SSSR count). The maximum Gasteiger partial charge on any atom is 0.245 e. The first-order chi connectivity index (χ1) is 15.9. The van der Waals surface area contributed by atoms with Crippen LogP contribution in [0.1, 0.15) is 12.8 Å². The van der Waals surface area contributed by atoms with E-state index in [1.54, 1.807) is 41.3 Å². The zero-order valence-corrected chi connectivity index (χ0v) is 19.6. The summed E-state index contributed by atoms with van der Waals surface area (Å²) in [6.45, 7) is 2.59. The van der Waals surface area contributed by atoms with E-state index in [9.17, 15) is 17.6 Å². The van der Waals surface area contributed by atoms with Crippen molar-refractivity contribution in [1.82, 2.24) is 18.0 Å². The Kier molecular flexibility index (Phi) is 6.02. The Hall–Kier alpha value is -2.63. The molecule has 8 nitrogen and oxygen atoms in total. The molecule has 2 fully saturated rings. The molecule has 33 heavy (non-hydrogen) atoms. The van der Waals surface area contributed by atoms with Gasteiger partial charge in [-0.25, -0.2) is 12.8 Å². The highest BCUT2D eigenvalue weighted by atomic mass is 32.2. The Labute approximate surface area is 196 Å².